The van der Waals surface area contributed by atoms with E-state index in [1.165, 1.54) is 7.11 Å². The summed E-state index contributed by atoms with van der Waals surface area (Å²) >= 11 is 0. The highest BCUT2D eigenvalue weighted by atomic mass is 16.5. The van der Waals surface area contributed by atoms with Gasteiger partial charge >= 0.3 is 0 Å². The number of nitrogen functional groups attached to an aromatic ring is 1. The first-order valence-electron chi connectivity index (χ1n) is 5.09. The molecule has 2 N–H and O–H groups in total. The smallest absolute Gasteiger partial charge is 0.234 e. The van der Waals surface area contributed by atoms with Crippen LogP contribution in [0.5, 0.6) is 5.75 Å². The molecule has 1 heterocycles. The number of carbonyl (C=O) groups excluding carboxylic acids is 1. The van der Waals surface area contributed by atoms with E-state index in [1.54, 1.807) is 42.2 Å². The van der Waals surface area contributed by atoms with Gasteiger partial charge in [-0.1, -0.05) is 6.07 Å². The van der Waals surface area contributed by atoms with E-state index >= 15 is 0 Å². The molecule has 5 nitrogen and oxygen atoms in total. The molecule has 2 rings (SSSR count). The third kappa shape index (κ3) is 1.87. The average molecular weight is 231 g/mol. The maximum Gasteiger partial charge on any atom is 0.234 e. The van der Waals surface area contributed by atoms with Crippen molar-refractivity contribution in [1.82, 2.24) is 9.55 Å². The van der Waals surface area contributed by atoms with Gasteiger partial charge in [0.15, 0.2) is 5.82 Å². The Morgan fingerprint density at radius 1 is 1.47 bits per heavy atom. The third-order valence-electron chi connectivity index (χ3n) is 2.53. The molecule has 2 aromatic rings. The van der Waals surface area contributed by atoms with Crippen LogP contribution in [0.25, 0.3) is 0 Å². The average Bonchev–Trinajstić information content (AvgIpc) is 2.74. The number of carbonyl (C=O) groups is 1. The summed E-state index contributed by atoms with van der Waals surface area (Å²) in [6.45, 7) is 0. The van der Waals surface area contributed by atoms with Crippen LogP contribution in [0.3, 0.4) is 0 Å². The molecule has 0 aliphatic heterocycles. The second-order valence-corrected chi connectivity index (χ2v) is 3.62. The lowest BCUT2D eigenvalue weighted by Gasteiger charge is -2.09. The van der Waals surface area contributed by atoms with Crippen molar-refractivity contribution >= 4 is 11.5 Å². The minimum Gasteiger partial charge on any atom is -0.496 e. The van der Waals surface area contributed by atoms with Crippen molar-refractivity contribution in [2.75, 3.05) is 12.8 Å². The van der Waals surface area contributed by atoms with Crippen LogP contribution in [0, 0.1) is 0 Å². The van der Waals surface area contributed by atoms with Gasteiger partial charge in [0.05, 0.1) is 12.7 Å². The molecule has 0 fully saturated rings. The van der Waals surface area contributed by atoms with Crippen LogP contribution in [0.4, 0.5) is 5.69 Å². The minimum atomic E-state index is -0.243. The van der Waals surface area contributed by atoms with Gasteiger partial charge in [0, 0.05) is 25.1 Å². The fourth-order valence-corrected chi connectivity index (χ4v) is 1.66. The number of aryl methyl sites for hydroxylation is 1. The molecule has 1 aromatic heterocycles. The Bertz CT molecular complexity index is 561. The summed E-state index contributed by atoms with van der Waals surface area (Å²) in [7, 11) is 3.26. The first-order chi connectivity index (χ1) is 8.15. The zero-order valence-electron chi connectivity index (χ0n) is 9.68. The molecule has 88 valence electrons. The van der Waals surface area contributed by atoms with E-state index < -0.39 is 0 Å². The van der Waals surface area contributed by atoms with Crippen LogP contribution in [0.15, 0.2) is 30.6 Å². The highest BCUT2D eigenvalue weighted by Crippen LogP contribution is 2.26. The van der Waals surface area contributed by atoms with Crippen molar-refractivity contribution in [2.24, 2.45) is 7.05 Å². The Hall–Kier alpha value is -2.30. The first-order valence-corrected chi connectivity index (χ1v) is 5.09. The summed E-state index contributed by atoms with van der Waals surface area (Å²) in [5.41, 5.74) is 6.55. The SMILES string of the molecule is COc1cccc(N)c1C(=O)c1nccn1C. The number of nitrogens with two attached hydrogens (primary N) is 1. The number of aromatic nitrogens is 2. The van der Waals surface area contributed by atoms with Crippen molar-refractivity contribution in [3.63, 3.8) is 0 Å². The lowest BCUT2D eigenvalue weighted by atomic mass is 10.1. The zero-order valence-corrected chi connectivity index (χ0v) is 9.68. The van der Waals surface area contributed by atoms with Gasteiger partial charge in [-0.05, 0) is 12.1 Å². The Morgan fingerprint density at radius 3 is 2.82 bits per heavy atom. The number of rotatable bonds is 3. The van der Waals surface area contributed by atoms with Crippen molar-refractivity contribution in [3.8, 4) is 5.75 Å². The Labute approximate surface area is 98.8 Å². The van der Waals surface area contributed by atoms with Crippen molar-refractivity contribution in [3.05, 3.63) is 42.0 Å². The molecule has 0 bridgehead atoms. The lowest BCUT2D eigenvalue weighted by Crippen LogP contribution is -2.12. The summed E-state index contributed by atoms with van der Waals surface area (Å²) in [5.74, 6) is 0.548. The van der Waals surface area contributed by atoms with E-state index in [4.69, 9.17) is 10.5 Å². The fraction of sp³-hybridized carbons (Fsp3) is 0.167. The molecule has 0 unspecified atom stereocenters. The van der Waals surface area contributed by atoms with Gasteiger partial charge in [-0.25, -0.2) is 4.98 Å². The van der Waals surface area contributed by atoms with Gasteiger partial charge in [-0.2, -0.15) is 0 Å². The predicted octanol–water partition coefficient (Wildman–Crippen LogP) is 1.24. The second kappa shape index (κ2) is 4.29. The number of nitrogens with zero attached hydrogens (tertiary/aromatic N) is 2. The van der Waals surface area contributed by atoms with E-state index in [-0.39, 0.29) is 5.78 Å². The molecule has 0 saturated carbocycles. The second-order valence-electron chi connectivity index (χ2n) is 3.62. The van der Waals surface area contributed by atoms with Crippen LogP contribution in [0.2, 0.25) is 0 Å². The summed E-state index contributed by atoms with van der Waals surface area (Å²) in [6, 6.07) is 5.11. The van der Waals surface area contributed by atoms with Crippen LogP contribution in [-0.4, -0.2) is 22.4 Å². The van der Waals surface area contributed by atoms with Gasteiger partial charge in [-0.3, -0.25) is 4.79 Å². The topological polar surface area (TPSA) is 70.1 Å². The maximum atomic E-state index is 12.3. The van der Waals surface area contributed by atoms with E-state index in [2.05, 4.69) is 4.98 Å². The molecule has 0 amide bonds. The molecular weight excluding hydrogens is 218 g/mol. The van der Waals surface area contributed by atoms with Crippen molar-refractivity contribution < 1.29 is 9.53 Å². The zero-order chi connectivity index (χ0) is 12.4. The van der Waals surface area contributed by atoms with Crippen LogP contribution < -0.4 is 10.5 Å². The number of hydrogen-bond acceptors (Lipinski definition) is 4. The molecule has 0 aliphatic carbocycles. The number of ether oxygens (including phenoxy) is 1. The fourth-order valence-electron chi connectivity index (χ4n) is 1.66. The van der Waals surface area contributed by atoms with Gasteiger partial charge in [0.2, 0.25) is 5.78 Å². The molecule has 0 radical (unpaired) electrons. The summed E-state index contributed by atoms with van der Waals surface area (Å²) in [5, 5.41) is 0. The molecule has 5 heteroatoms. The number of anilines is 1. The highest BCUT2D eigenvalue weighted by Gasteiger charge is 2.20. The van der Waals surface area contributed by atoms with Crippen LogP contribution in [0.1, 0.15) is 16.2 Å². The Balaban J connectivity index is 2.55. The summed E-state index contributed by atoms with van der Waals surface area (Å²) in [6.07, 6.45) is 3.28. The molecule has 0 aliphatic rings. The van der Waals surface area contributed by atoms with E-state index in [0.29, 0.717) is 22.8 Å². The quantitative estimate of drug-likeness (QED) is 0.637. The van der Waals surface area contributed by atoms with Gasteiger partial charge in [-0.15, -0.1) is 0 Å². The largest absolute Gasteiger partial charge is 0.496 e. The maximum absolute atomic E-state index is 12.3. The molecule has 0 spiro atoms. The van der Waals surface area contributed by atoms with Crippen molar-refractivity contribution in [2.45, 2.75) is 0 Å². The van der Waals surface area contributed by atoms with E-state index in [1.807, 2.05) is 0 Å². The lowest BCUT2D eigenvalue weighted by molar-refractivity contribution is 0.102. The third-order valence-corrected chi connectivity index (χ3v) is 2.53. The molecule has 0 atom stereocenters. The Kier molecular flexibility index (Phi) is 2.82. The number of ketones is 1. The van der Waals surface area contributed by atoms with Gasteiger partial charge in [0.1, 0.15) is 5.75 Å². The Morgan fingerprint density at radius 2 is 2.24 bits per heavy atom. The van der Waals surface area contributed by atoms with Crippen LogP contribution >= 0.6 is 0 Å². The monoisotopic (exact) mass is 231 g/mol. The minimum absolute atomic E-state index is 0.243. The summed E-state index contributed by atoms with van der Waals surface area (Å²) < 4.78 is 6.79. The highest BCUT2D eigenvalue weighted by molar-refractivity contribution is 6.12. The molecule has 1 aromatic carbocycles. The number of hydrogen-bond donors (Lipinski definition) is 1. The van der Waals surface area contributed by atoms with Crippen LogP contribution in [-0.2, 0) is 7.05 Å². The van der Waals surface area contributed by atoms with Crippen molar-refractivity contribution in [1.29, 1.82) is 0 Å². The molecule has 17 heavy (non-hydrogen) atoms. The molecule has 0 saturated heterocycles. The number of benzene rings is 1. The predicted molar refractivity (Wildman–Crippen MR) is 64.0 cm³/mol. The van der Waals surface area contributed by atoms with Gasteiger partial charge < -0.3 is 15.0 Å². The van der Waals surface area contributed by atoms with E-state index in [9.17, 15) is 4.79 Å². The van der Waals surface area contributed by atoms with E-state index in [0.717, 1.165) is 0 Å². The first kappa shape index (κ1) is 11.2. The summed E-state index contributed by atoms with van der Waals surface area (Å²) in [4.78, 5) is 16.3. The van der Waals surface area contributed by atoms with Gasteiger partial charge in [0.25, 0.3) is 0 Å². The molecular formula is C12H13N3O2. The standard InChI is InChI=1S/C12H13N3O2/c1-15-7-6-14-12(15)11(16)10-8(13)4-3-5-9(10)17-2/h3-7H,13H2,1-2H3. The normalized spacial score (nSPS) is 10.2. The number of imidazole rings is 1. The number of methoxy groups -OCH3 is 1.